The molecule has 2 aromatic carbocycles. The highest BCUT2D eigenvalue weighted by Gasteiger charge is 2.30. The highest BCUT2D eigenvalue weighted by atomic mass is 32.1. The van der Waals surface area contributed by atoms with Gasteiger partial charge in [0.15, 0.2) is 10.9 Å². The number of benzene rings is 2. The molecule has 0 fully saturated rings. The molecule has 1 aliphatic carbocycles. The summed E-state index contributed by atoms with van der Waals surface area (Å²) >= 11 is 1.20. The smallest absolute Gasteiger partial charge is 0.257 e. The number of carbonyl (C=O) groups excluding carboxylic acids is 2. The second-order valence-corrected chi connectivity index (χ2v) is 7.19. The predicted octanol–water partition coefficient (Wildman–Crippen LogP) is 4.45. The molecular weight excluding hydrogens is 351 g/mol. The van der Waals surface area contributed by atoms with Crippen LogP contribution in [0.15, 0.2) is 54.6 Å². The van der Waals surface area contributed by atoms with Gasteiger partial charge < -0.3 is 0 Å². The number of halogens is 1. The number of fused-ring (bicyclic) bond motifs is 1. The van der Waals surface area contributed by atoms with E-state index in [0.717, 1.165) is 11.3 Å². The highest BCUT2D eigenvalue weighted by Crippen LogP contribution is 2.36. The van der Waals surface area contributed by atoms with Gasteiger partial charge in [-0.25, -0.2) is 9.37 Å². The van der Waals surface area contributed by atoms with Crippen LogP contribution in [0.4, 0.5) is 9.52 Å². The van der Waals surface area contributed by atoms with E-state index < -0.39 is 5.82 Å². The zero-order chi connectivity index (χ0) is 18.1. The summed E-state index contributed by atoms with van der Waals surface area (Å²) in [7, 11) is 0. The minimum atomic E-state index is -0.399. The summed E-state index contributed by atoms with van der Waals surface area (Å²) in [5.41, 5.74) is 2.19. The molecule has 3 aromatic rings. The molecule has 0 aliphatic heterocycles. The molecule has 0 bridgehead atoms. The Kier molecular flexibility index (Phi) is 4.34. The largest absolute Gasteiger partial charge is 0.298 e. The molecule has 1 aliphatic rings. The Hall–Kier alpha value is -2.86. The maximum atomic E-state index is 13.0. The van der Waals surface area contributed by atoms with Gasteiger partial charge in [0.05, 0.1) is 10.6 Å². The van der Waals surface area contributed by atoms with Crippen molar-refractivity contribution in [1.29, 1.82) is 0 Å². The van der Waals surface area contributed by atoms with Gasteiger partial charge in [-0.15, -0.1) is 0 Å². The first-order valence-electron chi connectivity index (χ1n) is 8.25. The van der Waals surface area contributed by atoms with Crippen LogP contribution >= 0.6 is 11.3 Å². The summed E-state index contributed by atoms with van der Waals surface area (Å²) in [6, 6.07) is 15.2. The van der Waals surface area contributed by atoms with Gasteiger partial charge in [0, 0.05) is 12.0 Å². The van der Waals surface area contributed by atoms with E-state index in [1.165, 1.54) is 35.6 Å². The van der Waals surface area contributed by atoms with E-state index in [1.807, 2.05) is 30.3 Å². The SMILES string of the molecule is O=C(Nc1nc2c(s1)C(=O)CC(c1ccccc1)C2)c1ccc(F)cc1. The van der Waals surface area contributed by atoms with Gasteiger partial charge in [-0.05, 0) is 42.2 Å². The fourth-order valence-corrected chi connectivity index (χ4v) is 4.05. The monoisotopic (exact) mass is 366 g/mol. The number of aromatic nitrogens is 1. The minimum absolute atomic E-state index is 0.0554. The number of hydrogen-bond donors (Lipinski definition) is 1. The molecule has 1 N–H and O–H groups in total. The van der Waals surface area contributed by atoms with Gasteiger partial charge in [0.2, 0.25) is 0 Å². The van der Waals surface area contributed by atoms with Crippen molar-refractivity contribution in [3.63, 3.8) is 0 Å². The van der Waals surface area contributed by atoms with E-state index in [-0.39, 0.29) is 17.6 Å². The van der Waals surface area contributed by atoms with E-state index in [4.69, 9.17) is 0 Å². The zero-order valence-corrected chi connectivity index (χ0v) is 14.6. The molecule has 4 nitrogen and oxygen atoms in total. The Morgan fingerprint density at radius 2 is 1.81 bits per heavy atom. The number of ketones is 1. The summed E-state index contributed by atoms with van der Waals surface area (Å²) in [4.78, 5) is 29.8. The van der Waals surface area contributed by atoms with Crippen molar-refractivity contribution in [2.75, 3.05) is 5.32 Å². The fraction of sp³-hybridized carbons (Fsp3) is 0.150. The summed E-state index contributed by atoms with van der Waals surface area (Å²) < 4.78 is 13.0. The molecular formula is C20H15FN2O2S. The van der Waals surface area contributed by atoms with E-state index in [1.54, 1.807) is 0 Å². The van der Waals surface area contributed by atoms with Gasteiger partial charge >= 0.3 is 0 Å². The third kappa shape index (κ3) is 3.28. The predicted molar refractivity (Wildman–Crippen MR) is 98.3 cm³/mol. The standard InChI is InChI=1S/C20H15FN2O2S/c21-15-8-6-13(7-9-15)19(25)23-20-22-16-10-14(11-17(24)18(16)26-20)12-4-2-1-3-5-12/h1-9,14H,10-11H2,(H,22,23,25). The normalized spacial score (nSPS) is 16.2. The molecule has 1 amide bonds. The Morgan fingerprint density at radius 1 is 1.08 bits per heavy atom. The third-order valence-corrected chi connectivity index (χ3v) is 5.47. The van der Waals surface area contributed by atoms with Crippen LogP contribution in [0.25, 0.3) is 0 Å². The lowest BCUT2D eigenvalue weighted by molar-refractivity contribution is 0.0967. The van der Waals surface area contributed by atoms with E-state index >= 15 is 0 Å². The maximum Gasteiger partial charge on any atom is 0.257 e. The number of Topliss-reactive ketones (excluding diaryl/α,β-unsaturated/α-hetero) is 1. The lowest BCUT2D eigenvalue weighted by atomic mass is 9.85. The zero-order valence-electron chi connectivity index (χ0n) is 13.7. The van der Waals surface area contributed by atoms with Crippen LogP contribution in [0.3, 0.4) is 0 Å². The number of rotatable bonds is 3. The van der Waals surface area contributed by atoms with Crippen molar-refractivity contribution < 1.29 is 14.0 Å². The number of nitrogens with one attached hydrogen (secondary N) is 1. The van der Waals surface area contributed by atoms with Crippen molar-refractivity contribution in [2.24, 2.45) is 0 Å². The Morgan fingerprint density at radius 3 is 2.54 bits per heavy atom. The molecule has 1 aromatic heterocycles. The molecule has 0 spiro atoms. The molecule has 1 unspecified atom stereocenters. The van der Waals surface area contributed by atoms with Crippen LogP contribution in [-0.2, 0) is 6.42 Å². The number of amides is 1. The molecule has 6 heteroatoms. The minimum Gasteiger partial charge on any atom is -0.298 e. The van der Waals surface area contributed by atoms with E-state index in [9.17, 15) is 14.0 Å². The quantitative estimate of drug-likeness (QED) is 0.745. The Labute approximate surface area is 153 Å². The number of thiazole rings is 1. The average Bonchev–Trinajstić information content (AvgIpc) is 3.06. The molecule has 1 atom stereocenters. The van der Waals surface area contributed by atoms with Crippen molar-refractivity contribution in [2.45, 2.75) is 18.8 Å². The number of hydrogen-bond acceptors (Lipinski definition) is 4. The van der Waals surface area contributed by atoms with E-state index in [2.05, 4.69) is 10.3 Å². The van der Waals surface area contributed by atoms with E-state index in [0.29, 0.717) is 28.4 Å². The maximum absolute atomic E-state index is 13.0. The number of nitrogens with zero attached hydrogens (tertiary/aromatic N) is 1. The Balaban J connectivity index is 1.54. The van der Waals surface area contributed by atoms with Gasteiger partial charge in [-0.1, -0.05) is 41.7 Å². The van der Waals surface area contributed by atoms with Crippen LogP contribution in [0.1, 0.15) is 43.6 Å². The van der Waals surface area contributed by atoms with Crippen molar-refractivity contribution in [1.82, 2.24) is 4.98 Å². The molecule has 130 valence electrons. The number of anilines is 1. The summed E-state index contributed by atoms with van der Waals surface area (Å²) in [6.45, 7) is 0. The van der Waals surface area contributed by atoms with Gasteiger partial charge in [-0.3, -0.25) is 14.9 Å². The third-order valence-electron chi connectivity index (χ3n) is 4.42. The molecule has 1 heterocycles. The average molecular weight is 366 g/mol. The molecule has 0 radical (unpaired) electrons. The Bertz CT molecular complexity index is 967. The van der Waals surface area contributed by atoms with Crippen LogP contribution in [0, 0.1) is 5.82 Å². The first kappa shape index (κ1) is 16.6. The van der Waals surface area contributed by atoms with Gasteiger partial charge in [-0.2, -0.15) is 0 Å². The lowest BCUT2D eigenvalue weighted by Crippen LogP contribution is -2.17. The first-order valence-corrected chi connectivity index (χ1v) is 9.06. The molecule has 26 heavy (non-hydrogen) atoms. The van der Waals surface area contributed by atoms with Crippen molar-refractivity contribution >= 4 is 28.2 Å². The summed E-state index contributed by atoms with van der Waals surface area (Å²) in [5.74, 6) is -0.606. The highest BCUT2D eigenvalue weighted by molar-refractivity contribution is 7.17. The van der Waals surface area contributed by atoms with Crippen LogP contribution in [0.2, 0.25) is 0 Å². The van der Waals surface area contributed by atoms with Gasteiger partial charge in [0.1, 0.15) is 5.82 Å². The molecule has 4 rings (SSSR count). The van der Waals surface area contributed by atoms with Crippen molar-refractivity contribution in [3.8, 4) is 0 Å². The van der Waals surface area contributed by atoms with Gasteiger partial charge in [0.25, 0.3) is 5.91 Å². The lowest BCUT2D eigenvalue weighted by Gasteiger charge is -2.20. The number of carbonyl (C=O) groups is 2. The summed E-state index contributed by atoms with van der Waals surface area (Å²) in [5, 5.41) is 3.10. The fourth-order valence-electron chi connectivity index (χ4n) is 3.11. The van der Waals surface area contributed by atoms with Crippen LogP contribution in [0.5, 0.6) is 0 Å². The molecule has 0 saturated heterocycles. The van der Waals surface area contributed by atoms with Crippen LogP contribution < -0.4 is 5.32 Å². The summed E-state index contributed by atoms with van der Waals surface area (Å²) in [6.07, 6.45) is 1.12. The topological polar surface area (TPSA) is 59.1 Å². The second kappa shape index (κ2) is 6.80. The van der Waals surface area contributed by atoms with Crippen LogP contribution in [-0.4, -0.2) is 16.7 Å². The second-order valence-electron chi connectivity index (χ2n) is 6.19. The first-order chi connectivity index (χ1) is 12.6. The molecule has 0 saturated carbocycles. The van der Waals surface area contributed by atoms with Crippen molar-refractivity contribution in [3.05, 3.63) is 82.1 Å².